The van der Waals surface area contributed by atoms with Gasteiger partial charge in [-0.3, -0.25) is 9.59 Å². The second-order valence-corrected chi connectivity index (χ2v) is 6.43. The third kappa shape index (κ3) is 1.69. The molecular weight excluding hydrogens is 302 g/mol. The molecule has 7 heteroatoms. The molecule has 3 aliphatic rings. The number of carbonyl (C=O) groups excluding carboxylic acids is 2. The fraction of sp³-hybridized carbons (Fsp3) is 0.438. The zero-order chi connectivity index (χ0) is 16.5. The van der Waals surface area contributed by atoms with Gasteiger partial charge in [0.05, 0.1) is 35.3 Å². The van der Waals surface area contributed by atoms with Crippen LogP contribution in [0.1, 0.15) is 16.8 Å². The molecule has 4 rings (SSSR count). The SMILES string of the molecule is O=C(O)c1ccccc1N1C(=O)[C@H]2[C@@H]3C[C@H]([C@H](O)[C@H]3O)[C@@H]2C1=O. The van der Waals surface area contributed by atoms with Crippen LogP contribution in [0, 0.1) is 23.7 Å². The summed E-state index contributed by atoms with van der Waals surface area (Å²) in [5, 5.41) is 29.3. The minimum absolute atomic E-state index is 0.0489. The number of fused-ring (bicyclic) bond motifs is 5. The van der Waals surface area contributed by atoms with Gasteiger partial charge in [0.25, 0.3) is 0 Å². The van der Waals surface area contributed by atoms with Gasteiger partial charge < -0.3 is 15.3 Å². The number of hydrogen-bond acceptors (Lipinski definition) is 5. The van der Waals surface area contributed by atoms with Gasteiger partial charge in [0, 0.05) is 11.8 Å². The molecule has 2 aliphatic carbocycles. The predicted molar refractivity (Wildman–Crippen MR) is 76.5 cm³/mol. The topological polar surface area (TPSA) is 115 Å². The minimum atomic E-state index is -1.22. The first-order valence-electron chi connectivity index (χ1n) is 7.49. The number of para-hydroxylation sites is 1. The summed E-state index contributed by atoms with van der Waals surface area (Å²) in [5.74, 6) is -4.42. The highest BCUT2D eigenvalue weighted by Crippen LogP contribution is 2.56. The number of carboxylic acids is 1. The first-order chi connectivity index (χ1) is 10.9. The Balaban J connectivity index is 1.78. The van der Waals surface area contributed by atoms with E-state index in [1.165, 1.54) is 18.2 Å². The van der Waals surface area contributed by atoms with E-state index in [0.717, 1.165) is 4.90 Å². The Hall–Kier alpha value is -2.25. The van der Waals surface area contributed by atoms with Crippen molar-refractivity contribution in [2.45, 2.75) is 18.6 Å². The van der Waals surface area contributed by atoms with Crippen LogP contribution in [0.15, 0.2) is 24.3 Å². The summed E-state index contributed by atoms with van der Waals surface area (Å²) >= 11 is 0. The van der Waals surface area contributed by atoms with Gasteiger partial charge in [-0.25, -0.2) is 9.69 Å². The Morgan fingerprint density at radius 1 is 1.00 bits per heavy atom. The Kier molecular flexibility index (Phi) is 2.88. The molecule has 0 spiro atoms. The molecule has 0 aromatic heterocycles. The molecule has 3 fully saturated rings. The normalized spacial score (nSPS) is 38.3. The predicted octanol–water partition coefficient (Wildman–Crippen LogP) is -0.138. The lowest BCUT2D eigenvalue weighted by atomic mass is 9.78. The molecular formula is C16H15NO6. The van der Waals surface area contributed by atoms with Crippen molar-refractivity contribution in [3.63, 3.8) is 0 Å². The van der Waals surface area contributed by atoms with Gasteiger partial charge >= 0.3 is 5.97 Å². The fourth-order valence-corrected chi connectivity index (χ4v) is 4.52. The van der Waals surface area contributed by atoms with Crippen LogP contribution in [0.4, 0.5) is 5.69 Å². The summed E-state index contributed by atoms with van der Waals surface area (Å²) in [4.78, 5) is 37.7. The number of aliphatic hydroxyl groups is 2. The van der Waals surface area contributed by atoms with Crippen molar-refractivity contribution in [3.05, 3.63) is 29.8 Å². The lowest BCUT2D eigenvalue weighted by Crippen LogP contribution is -2.43. The van der Waals surface area contributed by atoms with E-state index in [1.54, 1.807) is 6.07 Å². The Morgan fingerprint density at radius 2 is 1.52 bits per heavy atom. The monoisotopic (exact) mass is 317 g/mol. The zero-order valence-electron chi connectivity index (χ0n) is 12.0. The zero-order valence-corrected chi connectivity index (χ0v) is 12.0. The number of rotatable bonds is 2. The summed E-state index contributed by atoms with van der Waals surface area (Å²) < 4.78 is 0. The summed E-state index contributed by atoms with van der Waals surface area (Å²) in [6.45, 7) is 0. The van der Waals surface area contributed by atoms with Crippen molar-refractivity contribution in [1.82, 2.24) is 0 Å². The molecule has 1 saturated heterocycles. The van der Waals surface area contributed by atoms with E-state index < -0.39 is 53.7 Å². The average Bonchev–Trinajstić information content (AvgIpc) is 3.12. The quantitative estimate of drug-likeness (QED) is 0.654. The molecule has 3 N–H and O–H groups in total. The standard InChI is InChI=1S/C16H15NO6/c18-12-7-5-8(13(12)19)11-10(7)14(20)17(15(11)21)9-4-2-1-3-6(9)16(22)23/h1-4,7-8,10-13,18-19H,5H2,(H,22,23)/t7-,8-,10-,11-,12-,13-/m0/s1. The lowest BCUT2D eigenvalue weighted by Gasteiger charge is -2.29. The van der Waals surface area contributed by atoms with Crippen molar-refractivity contribution >= 4 is 23.5 Å². The average molecular weight is 317 g/mol. The van der Waals surface area contributed by atoms with Gasteiger partial charge in [0.15, 0.2) is 0 Å². The van der Waals surface area contributed by atoms with Crippen LogP contribution in [0.2, 0.25) is 0 Å². The van der Waals surface area contributed by atoms with E-state index in [-0.39, 0.29) is 11.3 Å². The van der Waals surface area contributed by atoms with Gasteiger partial charge in [-0.1, -0.05) is 12.1 Å². The molecule has 1 heterocycles. The first kappa shape index (κ1) is 14.3. The van der Waals surface area contributed by atoms with Crippen molar-refractivity contribution < 1.29 is 29.7 Å². The molecule has 7 nitrogen and oxygen atoms in total. The number of hydrogen-bond donors (Lipinski definition) is 3. The van der Waals surface area contributed by atoms with Crippen LogP contribution in [0.25, 0.3) is 0 Å². The maximum Gasteiger partial charge on any atom is 0.337 e. The van der Waals surface area contributed by atoms with E-state index in [0.29, 0.717) is 6.42 Å². The Bertz CT molecular complexity index is 699. The summed E-state index contributed by atoms with van der Waals surface area (Å²) in [6, 6.07) is 5.85. The molecule has 1 aromatic carbocycles. The second-order valence-electron chi connectivity index (χ2n) is 6.43. The summed E-state index contributed by atoms with van der Waals surface area (Å²) in [6.07, 6.45) is -1.57. The molecule has 2 amide bonds. The number of nitrogens with zero attached hydrogens (tertiary/aromatic N) is 1. The van der Waals surface area contributed by atoms with Crippen molar-refractivity contribution in [2.24, 2.45) is 23.7 Å². The highest BCUT2D eigenvalue weighted by molar-refractivity contribution is 6.24. The van der Waals surface area contributed by atoms with E-state index in [1.807, 2.05) is 0 Å². The first-order valence-corrected chi connectivity index (χ1v) is 7.49. The molecule has 2 saturated carbocycles. The van der Waals surface area contributed by atoms with Crippen molar-refractivity contribution in [3.8, 4) is 0 Å². The third-order valence-electron chi connectivity index (χ3n) is 5.47. The highest BCUT2D eigenvalue weighted by Gasteiger charge is 2.67. The fourth-order valence-electron chi connectivity index (χ4n) is 4.52. The smallest absolute Gasteiger partial charge is 0.337 e. The molecule has 0 radical (unpaired) electrons. The number of imide groups is 1. The van der Waals surface area contributed by atoms with Crippen LogP contribution in [-0.4, -0.2) is 45.3 Å². The van der Waals surface area contributed by atoms with Gasteiger partial charge in [-0.15, -0.1) is 0 Å². The molecule has 120 valence electrons. The number of anilines is 1. The maximum absolute atomic E-state index is 12.7. The summed E-state index contributed by atoms with van der Waals surface area (Å²) in [5.41, 5.74) is -0.0737. The van der Waals surface area contributed by atoms with Gasteiger partial charge in [-0.05, 0) is 18.6 Å². The molecule has 0 unspecified atom stereocenters. The molecule has 2 bridgehead atoms. The minimum Gasteiger partial charge on any atom is -0.478 e. The number of aliphatic hydroxyl groups excluding tert-OH is 2. The number of benzene rings is 1. The molecule has 1 aliphatic heterocycles. The summed E-state index contributed by atoms with van der Waals surface area (Å²) in [7, 11) is 0. The van der Waals surface area contributed by atoms with E-state index >= 15 is 0 Å². The van der Waals surface area contributed by atoms with Crippen LogP contribution in [0.3, 0.4) is 0 Å². The largest absolute Gasteiger partial charge is 0.478 e. The van der Waals surface area contributed by atoms with E-state index in [2.05, 4.69) is 0 Å². The van der Waals surface area contributed by atoms with E-state index in [9.17, 15) is 29.7 Å². The van der Waals surface area contributed by atoms with Crippen molar-refractivity contribution in [2.75, 3.05) is 4.90 Å². The van der Waals surface area contributed by atoms with Gasteiger partial charge in [0.1, 0.15) is 0 Å². The van der Waals surface area contributed by atoms with Crippen molar-refractivity contribution in [1.29, 1.82) is 0 Å². The highest BCUT2D eigenvalue weighted by atomic mass is 16.4. The molecule has 6 atom stereocenters. The van der Waals surface area contributed by atoms with E-state index in [4.69, 9.17) is 0 Å². The van der Waals surface area contributed by atoms with Crippen LogP contribution < -0.4 is 4.90 Å². The second kappa shape index (κ2) is 4.62. The number of carbonyl (C=O) groups is 3. The third-order valence-corrected chi connectivity index (χ3v) is 5.47. The number of amides is 2. The number of aromatic carboxylic acids is 1. The number of carboxylic acid groups (broad SMARTS) is 1. The van der Waals surface area contributed by atoms with Gasteiger partial charge in [-0.2, -0.15) is 0 Å². The van der Waals surface area contributed by atoms with Crippen LogP contribution >= 0.6 is 0 Å². The van der Waals surface area contributed by atoms with Crippen LogP contribution in [0.5, 0.6) is 0 Å². The maximum atomic E-state index is 12.7. The van der Waals surface area contributed by atoms with Gasteiger partial charge in [0.2, 0.25) is 11.8 Å². The van der Waals surface area contributed by atoms with Crippen LogP contribution in [-0.2, 0) is 9.59 Å². The lowest BCUT2D eigenvalue weighted by molar-refractivity contribution is -0.129. The Labute approximate surface area is 131 Å². The molecule has 23 heavy (non-hydrogen) atoms. The molecule has 1 aromatic rings. The Morgan fingerprint density at radius 3 is 2.04 bits per heavy atom.